The quantitative estimate of drug-likeness (QED) is 0.892. The summed E-state index contributed by atoms with van der Waals surface area (Å²) in [5.41, 5.74) is 0.595. The number of rotatable bonds is 4. The Hall–Kier alpha value is -1.45. The lowest BCUT2D eigenvalue weighted by molar-refractivity contribution is -0.137. The van der Waals surface area contributed by atoms with Crippen molar-refractivity contribution in [1.82, 2.24) is 0 Å². The van der Waals surface area contributed by atoms with Crippen molar-refractivity contribution < 1.29 is 18.7 Å². The van der Waals surface area contributed by atoms with Gasteiger partial charge in [-0.1, -0.05) is 6.07 Å². The summed E-state index contributed by atoms with van der Waals surface area (Å²) >= 11 is 0. The van der Waals surface area contributed by atoms with Gasteiger partial charge in [0.1, 0.15) is 11.6 Å². The Kier molecular flexibility index (Phi) is 4.51. The second-order valence-electron chi connectivity index (χ2n) is 5.32. The van der Waals surface area contributed by atoms with Crippen molar-refractivity contribution in [3.05, 3.63) is 35.4 Å². The number of benzene rings is 1. The maximum Gasteiger partial charge on any atom is 0.303 e. The minimum atomic E-state index is -0.758. The summed E-state index contributed by atoms with van der Waals surface area (Å²) in [7, 11) is 0. The molecule has 0 saturated heterocycles. The van der Waals surface area contributed by atoms with Crippen molar-refractivity contribution in [2.75, 3.05) is 0 Å². The molecule has 0 aliphatic heterocycles. The van der Waals surface area contributed by atoms with Crippen molar-refractivity contribution >= 4 is 5.97 Å². The number of hydrogen-bond donors (Lipinski definition) is 1. The van der Waals surface area contributed by atoms with Gasteiger partial charge in [0.15, 0.2) is 0 Å². The van der Waals surface area contributed by atoms with Gasteiger partial charge in [0.05, 0.1) is 0 Å². The maximum absolute atomic E-state index is 13.7. The SMILES string of the molecule is O=C(O)CCC1CCC(c2ccc(F)cc2F)CC1. The number of carboxylic acids is 1. The lowest BCUT2D eigenvalue weighted by Crippen LogP contribution is -2.15. The minimum Gasteiger partial charge on any atom is -0.481 e. The molecule has 0 amide bonds. The van der Waals surface area contributed by atoms with Crippen molar-refractivity contribution in [3.8, 4) is 0 Å². The first-order valence-electron chi connectivity index (χ1n) is 6.73. The summed E-state index contributed by atoms with van der Waals surface area (Å²) in [6.07, 6.45) is 4.47. The van der Waals surface area contributed by atoms with Crippen molar-refractivity contribution in [2.24, 2.45) is 5.92 Å². The van der Waals surface area contributed by atoms with E-state index in [1.54, 1.807) is 0 Å². The van der Waals surface area contributed by atoms with Crippen molar-refractivity contribution in [1.29, 1.82) is 0 Å². The zero-order chi connectivity index (χ0) is 13.8. The first kappa shape index (κ1) is 14.0. The Balaban J connectivity index is 1.90. The Labute approximate surface area is 111 Å². The molecule has 1 aromatic rings. The zero-order valence-corrected chi connectivity index (χ0v) is 10.7. The number of aliphatic carboxylic acids is 1. The van der Waals surface area contributed by atoms with E-state index in [1.807, 2.05) is 0 Å². The lowest BCUT2D eigenvalue weighted by atomic mass is 9.77. The Morgan fingerprint density at radius 2 is 1.89 bits per heavy atom. The van der Waals surface area contributed by atoms with Crippen LogP contribution in [0.25, 0.3) is 0 Å². The van der Waals surface area contributed by atoms with Crippen LogP contribution in [0, 0.1) is 17.6 Å². The lowest BCUT2D eigenvalue weighted by Gasteiger charge is -2.28. The summed E-state index contributed by atoms with van der Waals surface area (Å²) < 4.78 is 26.5. The first-order chi connectivity index (χ1) is 9.06. The molecule has 19 heavy (non-hydrogen) atoms. The molecule has 1 aromatic carbocycles. The van der Waals surface area contributed by atoms with Crippen LogP contribution in [0.15, 0.2) is 18.2 Å². The summed E-state index contributed by atoms with van der Waals surface area (Å²) in [4.78, 5) is 10.5. The van der Waals surface area contributed by atoms with Crippen LogP contribution in [0.3, 0.4) is 0 Å². The highest BCUT2D eigenvalue weighted by atomic mass is 19.1. The highest BCUT2D eigenvalue weighted by molar-refractivity contribution is 5.66. The fourth-order valence-corrected chi connectivity index (χ4v) is 2.92. The first-order valence-corrected chi connectivity index (χ1v) is 6.73. The van der Waals surface area contributed by atoms with Crippen molar-refractivity contribution in [2.45, 2.75) is 44.4 Å². The van der Waals surface area contributed by atoms with Crippen LogP contribution in [0.5, 0.6) is 0 Å². The molecule has 2 rings (SSSR count). The van der Waals surface area contributed by atoms with Gasteiger partial charge in [-0.05, 0) is 55.6 Å². The fraction of sp³-hybridized carbons (Fsp3) is 0.533. The molecule has 1 aliphatic rings. The molecule has 0 unspecified atom stereocenters. The van der Waals surface area contributed by atoms with Crippen LogP contribution in [0.1, 0.15) is 50.0 Å². The smallest absolute Gasteiger partial charge is 0.303 e. The number of hydrogen-bond acceptors (Lipinski definition) is 1. The summed E-state index contributed by atoms with van der Waals surface area (Å²) in [6, 6.07) is 3.77. The molecule has 0 atom stereocenters. The summed E-state index contributed by atoms with van der Waals surface area (Å²) in [5, 5.41) is 8.65. The van der Waals surface area contributed by atoms with Gasteiger partial charge in [0.2, 0.25) is 0 Å². The van der Waals surface area contributed by atoms with Gasteiger partial charge in [-0.25, -0.2) is 8.78 Å². The van der Waals surface area contributed by atoms with Gasteiger partial charge in [-0.3, -0.25) is 4.79 Å². The number of carbonyl (C=O) groups is 1. The van der Waals surface area contributed by atoms with E-state index in [2.05, 4.69) is 0 Å². The van der Waals surface area contributed by atoms with Crippen LogP contribution in [0.2, 0.25) is 0 Å². The minimum absolute atomic E-state index is 0.140. The van der Waals surface area contributed by atoms with Crippen molar-refractivity contribution in [3.63, 3.8) is 0 Å². The van der Waals surface area contributed by atoms with E-state index in [0.29, 0.717) is 17.9 Å². The Bertz CT molecular complexity index is 451. The van der Waals surface area contributed by atoms with Gasteiger partial charge in [0.25, 0.3) is 0 Å². The standard InChI is InChI=1S/C15H18F2O2/c16-12-6-7-13(14(17)9-12)11-4-1-10(2-5-11)3-8-15(18)19/h6-7,9-11H,1-5,8H2,(H,18,19). The molecular weight excluding hydrogens is 250 g/mol. The van der Waals surface area contributed by atoms with E-state index in [-0.39, 0.29) is 12.3 Å². The van der Waals surface area contributed by atoms with Gasteiger partial charge < -0.3 is 5.11 Å². The Morgan fingerprint density at radius 3 is 2.47 bits per heavy atom. The molecule has 0 spiro atoms. The molecule has 1 saturated carbocycles. The third-order valence-corrected chi connectivity index (χ3v) is 4.02. The number of carboxylic acid groups (broad SMARTS) is 1. The topological polar surface area (TPSA) is 37.3 Å². The van der Waals surface area contributed by atoms with Crippen LogP contribution in [-0.4, -0.2) is 11.1 Å². The van der Waals surface area contributed by atoms with E-state index in [4.69, 9.17) is 5.11 Å². The maximum atomic E-state index is 13.7. The van der Waals surface area contributed by atoms with E-state index < -0.39 is 17.6 Å². The molecule has 104 valence electrons. The Morgan fingerprint density at radius 1 is 1.21 bits per heavy atom. The van der Waals surface area contributed by atoms with Gasteiger partial charge in [0, 0.05) is 12.5 Å². The molecule has 0 radical (unpaired) electrons. The predicted molar refractivity (Wildman–Crippen MR) is 67.9 cm³/mol. The van der Waals surface area contributed by atoms with Crippen LogP contribution < -0.4 is 0 Å². The van der Waals surface area contributed by atoms with E-state index in [1.165, 1.54) is 12.1 Å². The molecular formula is C15H18F2O2. The van der Waals surface area contributed by atoms with Crippen LogP contribution >= 0.6 is 0 Å². The van der Waals surface area contributed by atoms with Crippen LogP contribution in [0.4, 0.5) is 8.78 Å². The largest absolute Gasteiger partial charge is 0.481 e. The monoisotopic (exact) mass is 268 g/mol. The highest BCUT2D eigenvalue weighted by Gasteiger charge is 2.24. The van der Waals surface area contributed by atoms with Gasteiger partial charge in [-0.2, -0.15) is 0 Å². The molecule has 0 bridgehead atoms. The third kappa shape index (κ3) is 3.75. The second kappa shape index (κ2) is 6.13. The zero-order valence-electron chi connectivity index (χ0n) is 10.7. The van der Waals surface area contributed by atoms with E-state index in [9.17, 15) is 13.6 Å². The molecule has 4 heteroatoms. The average molecular weight is 268 g/mol. The molecule has 0 heterocycles. The van der Waals surface area contributed by atoms with E-state index >= 15 is 0 Å². The summed E-state index contributed by atoms with van der Waals surface area (Å²) in [6.45, 7) is 0. The van der Waals surface area contributed by atoms with E-state index in [0.717, 1.165) is 31.7 Å². The predicted octanol–water partition coefficient (Wildman–Crippen LogP) is 4.10. The molecule has 2 nitrogen and oxygen atoms in total. The third-order valence-electron chi connectivity index (χ3n) is 4.02. The van der Waals surface area contributed by atoms with Gasteiger partial charge >= 0.3 is 5.97 Å². The molecule has 0 aromatic heterocycles. The molecule has 1 N–H and O–H groups in total. The van der Waals surface area contributed by atoms with Gasteiger partial charge in [-0.15, -0.1) is 0 Å². The summed E-state index contributed by atoms with van der Waals surface area (Å²) in [5.74, 6) is -1.20. The average Bonchev–Trinajstić information content (AvgIpc) is 2.37. The van der Waals surface area contributed by atoms with Crippen LogP contribution in [-0.2, 0) is 4.79 Å². The fourth-order valence-electron chi connectivity index (χ4n) is 2.92. The normalized spacial score (nSPS) is 23.3. The highest BCUT2D eigenvalue weighted by Crippen LogP contribution is 2.38. The molecule has 1 fully saturated rings. The number of halogens is 2. The second-order valence-corrected chi connectivity index (χ2v) is 5.32. The molecule has 1 aliphatic carbocycles.